The molecular weight excluding hydrogens is 250 g/mol. The molecule has 1 aromatic rings. The fourth-order valence-electron chi connectivity index (χ4n) is 2.27. The molecule has 0 aliphatic heterocycles. The highest BCUT2D eigenvalue weighted by molar-refractivity contribution is 5.39. The van der Waals surface area contributed by atoms with Gasteiger partial charge in [-0.3, -0.25) is 0 Å². The molecule has 1 saturated carbocycles. The van der Waals surface area contributed by atoms with Crippen molar-refractivity contribution in [1.82, 2.24) is 4.90 Å². The van der Waals surface area contributed by atoms with Crippen molar-refractivity contribution in [3.63, 3.8) is 0 Å². The third kappa shape index (κ3) is 4.88. The first-order chi connectivity index (χ1) is 9.69. The lowest BCUT2D eigenvalue weighted by Gasteiger charge is -2.16. The van der Waals surface area contributed by atoms with Crippen LogP contribution in [0.15, 0.2) is 24.3 Å². The van der Waals surface area contributed by atoms with Gasteiger partial charge in [-0.05, 0) is 43.5 Å². The number of rotatable bonds is 6. The smallest absolute Gasteiger partial charge is 0.120 e. The Kier molecular flexibility index (Phi) is 5.46. The van der Waals surface area contributed by atoms with E-state index in [0.717, 1.165) is 29.7 Å². The molecule has 0 heterocycles. The molecule has 1 aliphatic rings. The minimum atomic E-state index is -0.116. The molecule has 1 aliphatic carbocycles. The first-order valence-electron chi connectivity index (χ1n) is 7.20. The van der Waals surface area contributed by atoms with Gasteiger partial charge in [0.1, 0.15) is 19.0 Å². The molecule has 0 aromatic heterocycles. The molecule has 0 amide bonds. The van der Waals surface area contributed by atoms with E-state index in [-0.39, 0.29) is 6.61 Å². The number of benzene rings is 1. The summed E-state index contributed by atoms with van der Waals surface area (Å²) >= 11 is 0. The molecule has 3 heteroatoms. The molecule has 0 spiro atoms. The van der Waals surface area contributed by atoms with Gasteiger partial charge < -0.3 is 14.7 Å². The molecule has 20 heavy (non-hydrogen) atoms. The number of hydrogen-bond acceptors (Lipinski definition) is 3. The number of aliphatic hydroxyl groups excluding tert-OH is 1. The van der Waals surface area contributed by atoms with Crippen molar-refractivity contribution in [2.45, 2.75) is 13.3 Å². The van der Waals surface area contributed by atoms with Gasteiger partial charge in [-0.25, -0.2) is 0 Å². The Labute approximate surface area is 121 Å². The van der Waals surface area contributed by atoms with Gasteiger partial charge in [0.05, 0.1) is 0 Å². The van der Waals surface area contributed by atoms with Gasteiger partial charge in [-0.15, -0.1) is 0 Å². The second kappa shape index (κ2) is 7.33. The molecule has 2 rings (SSSR count). The van der Waals surface area contributed by atoms with E-state index in [1.807, 2.05) is 24.3 Å². The van der Waals surface area contributed by atoms with Gasteiger partial charge >= 0.3 is 0 Å². The van der Waals surface area contributed by atoms with E-state index in [1.54, 1.807) is 0 Å². The molecule has 1 aromatic carbocycles. The number of likely N-dealkylation sites (N-methyl/N-ethyl adjacent to an activating group) is 1. The molecule has 1 N–H and O–H groups in total. The molecule has 0 bridgehead atoms. The molecule has 1 fully saturated rings. The van der Waals surface area contributed by atoms with Crippen LogP contribution in [0.2, 0.25) is 0 Å². The third-order valence-electron chi connectivity index (χ3n) is 3.71. The van der Waals surface area contributed by atoms with E-state index >= 15 is 0 Å². The van der Waals surface area contributed by atoms with Crippen molar-refractivity contribution in [3.8, 4) is 17.6 Å². The molecule has 108 valence electrons. The minimum absolute atomic E-state index is 0.116. The predicted octanol–water partition coefficient (Wildman–Crippen LogP) is 2.00. The minimum Gasteiger partial charge on any atom is -0.492 e. The van der Waals surface area contributed by atoms with Crippen molar-refractivity contribution in [3.05, 3.63) is 29.8 Å². The summed E-state index contributed by atoms with van der Waals surface area (Å²) in [7, 11) is 2.15. The number of nitrogens with zero attached hydrogens (tertiary/aromatic N) is 1. The van der Waals surface area contributed by atoms with E-state index in [1.165, 1.54) is 13.0 Å². The molecule has 0 saturated heterocycles. The zero-order valence-corrected chi connectivity index (χ0v) is 12.3. The maximum atomic E-state index is 8.68. The van der Waals surface area contributed by atoms with E-state index in [0.29, 0.717) is 6.61 Å². The SMILES string of the molecule is CC1CC1CN(C)CCOc1cccc(C#CCO)c1. The molecule has 2 atom stereocenters. The van der Waals surface area contributed by atoms with Crippen LogP contribution in [-0.4, -0.2) is 43.4 Å². The molecular formula is C17H23NO2. The molecule has 0 radical (unpaired) electrons. The van der Waals surface area contributed by atoms with Gasteiger partial charge in [0.15, 0.2) is 0 Å². The summed E-state index contributed by atoms with van der Waals surface area (Å²) < 4.78 is 5.75. The Morgan fingerprint density at radius 2 is 2.25 bits per heavy atom. The Bertz CT molecular complexity index is 489. The quantitative estimate of drug-likeness (QED) is 0.805. The maximum Gasteiger partial charge on any atom is 0.120 e. The third-order valence-corrected chi connectivity index (χ3v) is 3.71. The summed E-state index contributed by atoms with van der Waals surface area (Å²) in [5.41, 5.74) is 0.872. The normalized spacial score (nSPS) is 20.4. The van der Waals surface area contributed by atoms with Gasteiger partial charge in [0, 0.05) is 18.7 Å². The zero-order valence-electron chi connectivity index (χ0n) is 12.3. The van der Waals surface area contributed by atoms with Crippen molar-refractivity contribution in [1.29, 1.82) is 0 Å². The highest BCUT2D eigenvalue weighted by Gasteiger charge is 2.32. The molecule has 3 nitrogen and oxygen atoms in total. The first-order valence-corrected chi connectivity index (χ1v) is 7.20. The Hall–Kier alpha value is -1.50. The van der Waals surface area contributed by atoms with Crippen molar-refractivity contribution in [2.24, 2.45) is 11.8 Å². The number of aliphatic hydroxyl groups is 1. The second-order valence-electron chi connectivity index (χ2n) is 5.57. The average molecular weight is 273 g/mol. The predicted molar refractivity (Wildman–Crippen MR) is 80.7 cm³/mol. The fraction of sp³-hybridized carbons (Fsp3) is 0.529. The first kappa shape index (κ1) is 14.9. The summed E-state index contributed by atoms with van der Waals surface area (Å²) in [5.74, 6) is 8.15. The second-order valence-corrected chi connectivity index (χ2v) is 5.57. The molecule has 2 unspecified atom stereocenters. The summed E-state index contributed by atoms with van der Waals surface area (Å²) in [6.45, 7) is 5.00. The standard InChI is InChI=1S/C17H23NO2/c1-14-11-16(14)13-18(2)8-10-20-17-7-3-5-15(12-17)6-4-9-19/h3,5,7,12,14,16,19H,8-11,13H2,1-2H3. The van der Waals surface area contributed by atoms with Crippen molar-refractivity contribution in [2.75, 3.05) is 33.4 Å². The number of ether oxygens (including phenoxy) is 1. The maximum absolute atomic E-state index is 8.68. The van der Waals surface area contributed by atoms with Crippen LogP contribution in [0.5, 0.6) is 5.75 Å². The monoisotopic (exact) mass is 273 g/mol. The lowest BCUT2D eigenvalue weighted by atomic mass is 10.2. The lowest BCUT2D eigenvalue weighted by Crippen LogP contribution is -2.26. The van der Waals surface area contributed by atoms with Crippen LogP contribution in [0.25, 0.3) is 0 Å². The summed E-state index contributed by atoms with van der Waals surface area (Å²) in [4.78, 5) is 2.34. The van der Waals surface area contributed by atoms with E-state index in [2.05, 4.69) is 30.7 Å². The van der Waals surface area contributed by atoms with E-state index < -0.39 is 0 Å². The highest BCUT2D eigenvalue weighted by Crippen LogP contribution is 2.37. The van der Waals surface area contributed by atoms with Crippen LogP contribution in [0.4, 0.5) is 0 Å². The zero-order chi connectivity index (χ0) is 14.4. The number of hydrogen-bond donors (Lipinski definition) is 1. The fourth-order valence-corrected chi connectivity index (χ4v) is 2.27. The van der Waals surface area contributed by atoms with Crippen LogP contribution in [0.1, 0.15) is 18.9 Å². The lowest BCUT2D eigenvalue weighted by molar-refractivity contribution is 0.230. The van der Waals surface area contributed by atoms with Crippen LogP contribution in [-0.2, 0) is 0 Å². The van der Waals surface area contributed by atoms with Crippen LogP contribution in [0.3, 0.4) is 0 Å². The van der Waals surface area contributed by atoms with Gasteiger partial charge in [-0.1, -0.05) is 24.8 Å². The van der Waals surface area contributed by atoms with E-state index in [4.69, 9.17) is 9.84 Å². The van der Waals surface area contributed by atoms with E-state index in [9.17, 15) is 0 Å². The van der Waals surface area contributed by atoms with Gasteiger partial charge in [-0.2, -0.15) is 0 Å². The van der Waals surface area contributed by atoms with Crippen molar-refractivity contribution >= 4 is 0 Å². The Morgan fingerprint density at radius 1 is 1.45 bits per heavy atom. The highest BCUT2D eigenvalue weighted by atomic mass is 16.5. The largest absolute Gasteiger partial charge is 0.492 e. The summed E-state index contributed by atoms with van der Waals surface area (Å²) in [6.07, 6.45) is 1.37. The van der Waals surface area contributed by atoms with Crippen LogP contribution >= 0.6 is 0 Å². The average Bonchev–Trinajstić information content (AvgIpc) is 3.12. The van der Waals surface area contributed by atoms with Crippen LogP contribution in [0, 0.1) is 23.7 Å². The summed E-state index contributed by atoms with van der Waals surface area (Å²) in [5, 5.41) is 8.68. The van der Waals surface area contributed by atoms with Crippen LogP contribution < -0.4 is 4.74 Å². The topological polar surface area (TPSA) is 32.7 Å². The van der Waals surface area contributed by atoms with Gasteiger partial charge in [0.2, 0.25) is 0 Å². The van der Waals surface area contributed by atoms with Gasteiger partial charge in [0.25, 0.3) is 0 Å². The van der Waals surface area contributed by atoms with Crippen molar-refractivity contribution < 1.29 is 9.84 Å². The Morgan fingerprint density at radius 3 is 2.95 bits per heavy atom. The summed E-state index contributed by atoms with van der Waals surface area (Å²) in [6, 6.07) is 7.68. The Balaban J connectivity index is 1.73.